The Bertz CT molecular complexity index is 963. The van der Waals surface area contributed by atoms with Crippen LogP contribution in [0, 0.1) is 0 Å². The lowest BCUT2D eigenvalue weighted by atomic mass is 9.87. The zero-order valence-electron chi connectivity index (χ0n) is 15.6. The maximum absolute atomic E-state index is 13.3. The topological polar surface area (TPSA) is 58.2 Å². The molecule has 2 aromatic carbocycles. The predicted octanol–water partition coefficient (Wildman–Crippen LogP) is 4.23. The van der Waals surface area contributed by atoms with Gasteiger partial charge in [0.25, 0.3) is 5.91 Å². The van der Waals surface area contributed by atoms with Crippen LogP contribution >= 0.6 is 0 Å². The highest BCUT2D eigenvalue weighted by Crippen LogP contribution is 2.35. The number of carbonyl (C=O) groups is 1. The summed E-state index contributed by atoms with van der Waals surface area (Å²) >= 11 is 0. The van der Waals surface area contributed by atoms with E-state index in [0.717, 1.165) is 36.3 Å². The largest absolute Gasteiger partial charge is 0.497 e. The smallest absolute Gasteiger partial charge is 0.257 e. The zero-order valence-corrected chi connectivity index (χ0v) is 15.6. The third kappa shape index (κ3) is 3.21. The number of H-pyrrole nitrogens is 1. The van der Waals surface area contributed by atoms with E-state index >= 15 is 0 Å². The zero-order chi connectivity index (χ0) is 18.8. The molecule has 5 nitrogen and oxygen atoms in total. The van der Waals surface area contributed by atoms with Crippen LogP contribution in [0.4, 0.5) is 0 Å². The molecule has 1 unspecified atom stereocenters. The van der Waals surface area contributed by atoms with Crippen LogP contribution in [0.2, 0.25) is 0 Å². The second-order valence-electron chi connectivity index (χ2n) is 6.91. The van der Waals surface area contributed by atoms with Crippen molar-refractivity contribution in [1.82, 2.24) is 15.1 Å². The molecule has 1 amide bonds. The van der Waals surface area contributed by atoms with E-state index in [0.29, 0.717) is 5.56 Å². The lowest BCUT2D eigenvalue weighted by Gasteiger charge is -2.33. The van der Waals surface area contributed by atoms with E-state index in [1.165, 1.54) is 11.1 Å². The van der Waals surface area contributed by atoms with Gasteiger partial charge in [-0.1, -0.05) is 36.4 Å². The second kappa shape index (κ2) is 7.27. The number of aryl methyl sites for hydroxylation is 1. The molecule has 1 aliphatic rings. The highest BCUT2D eigenvalue weighted by atomic mass is 16.5. The molecule has 5 heteroatoms. The van der Waals surface area contributed by atoms with Gasteiger partial charge < -0.3 is 9.64 Å². The molecule has 1 heterocycles. The first-order chi connectivity index (χ1) is 13.2. The number of amides is 1. The maximum atomic E-state index is 13.3. The van der Waals surface area contributed by atoms with E-state index in [-0.39, 0.29) is 11.9 Å². The average Bonchev–Trinajstić information content (AvgIpc) is 3.22. The Kier molecular flexibility index (Phi) is 4.67. The van der Waals surface area contributed by atoms with Crippen LogP contribution in [0.3, 0.4) is 0 Å². The summed E-state index contributed by atoms with van der Waals surface area (Å²) in [5.41, 5.74) is 4.77. The van der Waals surface area contributed by atoms with Crippen molar-refractivity contribution in [3.63, 3.8) is 0 Å². The van der Waals surface area contributed by atoms with Gasteiger partial charge in [0.1, 0.15) is 5.75 Å². The summed E-state index contributed by atoms with van der Waals surface area (Å²) in [5, 5.41) is 7.11. The van der Waals surface area contributed by atoms with Crippen LogP contribution in [0.5, 0.6) is 5.75 Å². The molecule has 4 rings (SSSR count). The molecular formula is C22H23N3O2. The molecule has 0 radical (unpaired) electrons. The molecule has 0 fully saturated rings. The quantitative estimate of drug-likeness (QED) is 0.756. The number of benzene rings is 2. The Hall–Kier alpha value is -3.08. The van der Waals surface area contributed by atoms with Crippen molar-refractivity contribution in [1.29, 1.82) is 0 Å². The normalized spacial score (nSPS) is 15.9. The fraction of sp³-hybridized carbons (Fsp3) is 0.273. The fourth-order valence-corrected chi connectivity index (χ4v) is 3.91. The van der Waals surface area contributed by atoms with Gasteiger partial charge in [-0.05, 0) is 42.5 Å². The lowest BCUT2D eigenvalue weighted by Crippen LogP contribution is -2.33. The Morgan fingerprint density at radius 1 is 1.22 bits per heavy atom. The first-order valence-corrected chi connectivity index (χ1v) is 9.22. The second-order valence-corrected chi connectivity index (χ2v) is 6.91. The van der Waals surface area contributed by atoms with Crippen LogP contribution < -0.4 is 4.74 Å². The lowest BCUT2D eigenvalue weighted by molar-refractivity contribution is 0.0716. The van der Waals surface area contributed by atoms with Crippen molar-refractivity contribution in [2.24, 2.45) is 0 Å². The van der Waals surface area contributed by atoms with Crippen LogP contribution in [0.25, 0.3) is 11.3 Å². The number of rotatable bonds is 4. The standard InChI is InChI=1S/C22H23N3O2/c1-25(20-12-6-8-15-7-3-4-11-18(15)20)22(26)19-14-23-24-21(19)16-9-5-10-17(13-16)27-2/h3-5,7,9-11,13-14,20H,6,8,12H2,1-2H3,(H,23,24). The minimum Gasteiger partial charge on any atom is -0.497 e. The number of methoxy groups -OCH3 is 1. The van der Waals surface area contributed by atoms with E-state index < -0.39 is 0 Å². The summed E-state index contributed by atoms with van der Waals surface area (Å²) in [7, 11) is 3.52. The molecule has 0 bridgehead atoms. The molecule has 0 saturated heterocycles. The van der Waals surface area contributed by atoms with Crippen LogP contribution in [-0.4, -0.2) is 35.2 Å². The first-order valence-electron chi connectivity index (χ1n) is 9.22. The van der Waals surface area contributed by atoms with E-state index in [4.69, 9.17) is 4.74 Å². The number of hydrogen-bond donors (Lipinski definition) is 1. The number of hydrogen-bond acceptors (Lipinski definition) is 3. The number of nitrogens with zero attached hydrogens (tertiary/aromatic N) is 2. The number of aromatic nitrogens is 2. The summed E-state index contributed by atoms with van der Waals surface area (Å²) in [4.78, 5) is 15.2. The minimum absolute atomic E-state index is 0.0247. The van der Waals surface area contributed by atoms with Crippen LogP contribution in [0.15, 0.2) is 54.7 Å². The van der Waals surface area contributed by atoms with Gasteiger partial charge in [0.15, 0.2) is 0 Å². The van der Waals surface area contributed by atoms with Gasteiger partial charge in [0.05, 0.1) is 30.6 Å². The van der Waals surface area contributed by atoms with Gasteiger partial charge in [-0.15, -0.1) is 0 Å². The summed E-state index contributed by atoms with van der Waals surface area (Å²) in [6, 6.07) is 16.2. The summed E-state index contributed by atoms with van der Waals surface area (Å²) < 4.78 is 5.31. The summed E-state index contributed by atoms with van der Waals surface area (Å²) in [6.45, 7) is 0. The van der Waals surface area contributed by atoms with Crippen molar-refractivity contribution >= 4 is 5.91 Å². The Balaban J connectivity index is 1.66. The Morgan fingerprint density at radius 2 is 2.07 bits per heavy atom. The number of fused-ring (bicyclic) bond motifs is 1. The van der Waals surface area contributed by atoms with E-state index in [1.807, 2.05) is 36.2 Å². The van der Waals surface area contributed by atoms with Gasteiger partial charge in [-0.25, -0.2) is 0 Å². The molecule has 3 aromatic rings. The molecule has 0 spiro atoms. The van der Waals surface area contributed by atoms with Crippen molar-refractivity contribution < 1.29 is 9.53 Å². The summed E-state index contributed by atoms with van der Waals surface area (Å²) in [5.74, 6) is 0.721. The molecule has 1 aliphatic carbocycles. The van der Waals surface area contributed by atoms with Gasteiger partial charge in [0, 0.05) is 12.6 Å². The maximum Gasteiger partial charge on any atom is 0.257 e. The van der Waals surface area contributed by atoms with Crippen LogP contribution in [0.1, 0.15) is 40.4 Å². The van der Waals surface area contributed by atoms with Gasteiger partial charge in [0.2, 0.25) is 0 Å². The SMILES string of the molecule is COc1cccc(-c2[nH]ncc2C(=O)N(C)C2CCCc3ccccc32)c1. The van der Waals surface area contributed by atoms with E-state index in [2.05, 4.69) is 34.5 Å². The Labute approximate surface area is 159 Å². The number of nitrogens with one attached hydrogen (secondary N) is 1. The molecule has 138 valence electrons. The van der Waals surface area contributed by atoms with Gasteiger partial charge >= 0.3 is 0 Å². The highest BCUT2D eigenvalue weighted by Gasteiger charge is 2.29. The summed E-state index contributed by atoms with van der Waals surface area (Å²) in [6.07, 6.45) is 4.76. The van der Waals surface area contributed by atoms with Crippen molar-refractivity contribution in [3.05, 3.63) is 71.4 Å². The first kappa shape index (κ1) is 17.3. The molecule has 1 aromatic heterocycles. The molecule has 1 N–H and O–H groups in total. The third-order valence-electron chi connectivity index (χ3n) is 5.35. The predicted molar refractivity (Wildman–Crippen MR) is 105 cm³/mol. The molecule has 1 atom stereocenters. The molecule has 0 aliphatic heterocycles. The van der Waals surface area contributed by atoms with E-state index in [1.54, 1.807) is 13.3 Å². The van der Waals surface area contributed by atoms with Crippen molar-refractivity contribution in [2.75, 3.05) is 14.2 Å². The molecular weight excluding hydrogens is 338 g/mol. The van der Waals surface area contributed by atoms with Crippen molar-refractivity contribution in [3.8, 4) is 17.0 Å². The average molecular weight is 361 g/mol. The third-order valence-corrected chi connectivity index (χ3v) is 5.35. The number of aromatic amines is 1. The number of carbonyl (C=O) groups excluding carboxylic acids is 1. The van der Waals surface area contributed by atoms with Gasteiger partial charge in [-0.2, -0.15) is 5.10 Å². The fourth-order valence-electron chi connectivity index (χ4n) is 3.91. The molecule has 0 saturated carbocycles. The van der Waals surface area contributed by atoms with Gasteiger partial charge in [-0.3, -0.25) is 9.89 Å². The highest BCUT2D eigenvalue weighted by molar-refractivity contribution is 6.00. The monoisotopic (exact) mass is 361 g/mol. The minimum atomic E-state index is -0.0247. The van der Waals surface area contributed by atoms with Crippen LogP contribution in [-0.2, 0) is 6.42 Å². The molecule has 27 heavy (non-hydrogen) atoms. The van der Waals surface area contributed by atoms with Crippen molar-refractivity contribution in [2.45, 2.75) is 25.3 Å². The number of ether oxygens (including phenoxy) is 1. The van der Waals surface area contributed by atoms with E-state index in [9.17, 15) is 4.79 Å². The Morgan fingerprint density at radius 3 is 2.93 bits per heavy atom.